The summed E-state index contributed by atoms with van der Waals surface area (Å²) in [6, 6.07) is 7.47. The van der Waals surface area contributed by atoms with E-state index >= 15 is 0 Å². The number of Topliss-reactive ketones (excluding diaryl/α,β-unsaturated/α-hetero) is 1. The molecule has 1 aromatic carbocycles. The van der Waals surface area contributed by atoms with Gasteiger partial charge in [-0.15, -0.1) is 0 Å². The molecule has 6 rings (SSSR count). The number of amides is 1. The SMILES string of the molecule is CON1C(=O)[C@@]2(C[C@H]3C4CO[C@@H]2C[C@@]4(O)C(C(C)=O)=CN3C)c2ccccc21. The summed E-state index contributed by atoms with van der Waals surface area (Å²) in [6.45, 7) is 1.79. The molecule has 4 aliphatic heterocycles. The summed E-state index contributed by atoms with van der Waals surface area (Å²) in [5, 5.41) is 13.0. The van der Waals surface area contributed by atoms with Crippen LogP contribution in [0, 0.1) is 5.92 Å². The predicted molar refractivity (Wildman–Crippen MR) is 100 cm³/mol. The number of rotatable bonds is 2. The lowest BCUT2D eigenvalue weighted by Crippen LogP contribution is -2.59. The van der Waals surface area contributed by atoms with Gasteiger partial charge >= 0.3 is 0 Å². The van der Waals surface area contributed by atoms with Crippen molar-refractivity contribution in [1.82, 2.24) is 4.90 Å². The van der Waals surface area contributed by atoms with Gasteiger partial charge in [-0.1, -0.05) is 18.2 Å². The van der Waals surface area contributed by atoms with Crippen molar-refractivity contribution in [2.24, 2.45) is 5.92 Å². The van der Waals surface area contributed by atoms with Crippen LogP contribution >= 0.6 is 0 Å². The maximum absolute atomic E-state index is 13.7. The number of para-hydroxylation sites is 1. The van der Waals surface area contributed by atoms with Crippen molar-refractivity contribution in [3.05, 3.63) is 41.6 Å². The number of fused-ring (bicyclic) bond motifs is 2. The van der Waals surface area contributed by atoms with Gasteiger partial charge in [-0.3, -0.25) is 14.4 Å². The maximum atomic E-state index is 13.7. The third-order valence-corrected chi connectivity index (χ3v) is 7.19. The van der Waals surface area contributed by atoms with Crippen LogP contribution in [0.5, 0.6) is 0 Å². The minimum atomic E-state index is -1.29. The standard InChI is InChI=1S/C21H24N2O5/c1-12(24)14-10-22(2)17-8-20(18-9-21(14,26)15(17)11-28-18)13-6-4-5-7-16(13)23(27-3)19(20)25/h4-7,10,15,17-18,26H,8-9,11H2,1-3H3/t15?,17-,18+,20-,21+/m0/s1. The van der Waals surface area contributed by atoms with Crippen LogP contribution in [-0.4, -0.2) is 60.2 Å². The van der Waals surface area contributed by atoms with Gasteiger partial charge in [0.1, 0.15) is 11.0 Å². The lowest BCUT2D eigenvalue weighted by molar-refractivity contribution is -0.155. The number of ketones is 1. The van der Waals surface area contributed by atoms with Crippen molar-refractivity contribution in [2.45, 2.75) is 42.9 Å². The number of ether oxygens (including phenoxy) is 1. The number of benzene rings is 1. The van der Waals surface area contributed by atoms with Gasteiger partial charge in [0.25, 0.3) is 5.91 Å². The average molecular weight is 384 g/mol. The molecule has 4 heterocycles. The topological polar surface area (TPSA) is 79.3 Å². The highest BCUT2D eigenvalue weighted by Gasteiger charge is 2.67. The van der Waals surface area contributed by atoms with E-state index < -0.39 is 17.1 Å². The molecule has 148 valence electrons. The number of carbonyl (C=O) groups excluding carboxylic acids is 2. The predicted octanol–water partition coefficient (Wildman–Crippen LogP) is 1.16. The molecular weight excluding hydrogens is 360 g/mol. The van der Waals surface area contributed by atoms with Crippen LogP contribution in [-0.2, 0) is 24.6 Å². The molecule has 28 heavy (non-hydrogen) atoms. The summed E-state index contributed by atoms with van der Waals surface area (Å²) in [5.41, 5.74) is -0.256. The molecule has 1 aromatic rings. The lowest BCUT2D eigenvalue weighted by atomic mass is 9.70. The molecule has 1 unspecified atom stereocenters. The fourth-order valence-corrected chi connectivity index (χ4v) is 5.87. The van der Waals surface area contributed by atoms with Gasteiger partial charge in [0.2, 0.25) is 0 Å². The van der Waals surface area contributed by atoms with Crippen LogP contribution in [0.25, 0.3) is 0 Å². The van der Waals surface area contributed by atoms with Gasteiger partial charge in [0.15, 0.2) is 5.78 Å². The second-order valence-corrected chi connectivity index (χ2v) is 8.36. The quantitative estimate of drug-likeness (QED) is 0.824. The van der Waals surface area contributed by atoms with E-state index in [1.54, 1.807) is 6.20 Å². The van der Waals surface area contributed by atoms with E-state index in [0.29, 0.717) is 24.3 Å². The van der Waals surface area contributed by atoms with Crippen molar-refractivity contribution in [3.8, 4) is 0 Å². The monoisotopic (exact) mass is 384 g/mol. The van der Waals surface area contributed by atoms with Gasteiger partial charge < -0.3 is 14.7 Å². The Balaban J connectivity index is 1.72. The van der Waals surface area contributed by atoms with Crippen molar-refractivity contribution in [2.75, 3.05) is 25.8 Å². The Morgan fingerprint density at radius 3 is 2.79 bits per heavy atom. The van der Waals surface area contributed by atoms with E-state index in [2.05, 4.69) is 0 Å². The highest BCUT2D eigenvalue weighted by Crippen LogP contribution is 2.58. The summed E-state index contributed by atoms with van der Waals surface area (Å²) >= 11 is 0. The molecule has 5 atom stereocenters. The summed E-state index contributed by atoms with van der Waals surface area (Å²) < 4.78 is 6.21. The number of aliphatic hydroxyl groups is 1. The van der Waals surface area contributed by atoms with Crippen molar-refractivity contribution >= 4 is 17.4 Å². The van der Waals surface area contributed by atoms with Crippen LogP contribution in [0.3, 0.4) is 0 Å². The molecule has 1 saturated carbocycles. The third-order valence-electron chi connectivity index (χ3n) is 7.19. The zero-order valence-corrected chi connectivity index (χ0v) is 16.2. The van der Waals surface area contributed by atoms with E-state index in [1.807, 2.05) is 36.2 Å². The molecule has 3 fully saturated rings. The first kappa shape index (κ1) is 17.8. The van der Waals surface area contributed by atoms with Gasteiger partial charge in [0.05, 0.1) is 25.5 Å². The zero-order valence-electron chi connectivity index (χ0n) is 16.2. The molecule has 7 nitrogen and oxygen atoms in total. The molecule has 7 heteroatoms. The highest BCUT2D eigenvalue weighted by molar-refractivity contribution is 6.07. The van der Waals surface area contributed by atoms with Crippen LogP contribution in [0.2, 0.25) is 0 Å². The Bertz CT molecular complexity index is 914. The Kier molecular flexibility index (Phi) is 3.60. The third kappa shape index (κ3) is 1.94. The van der Waals surface area contributed by atoms with E-state index in [1.165, 1.54) is 19.1 Å². The molecule has 5 aliphatic rings. The molecule has 1 aliphatic carbocycles. The first-order valence-electron chi connectivity index (χ1n) is 9.62. The maximum Gasteiger partial charge on any atom is 0.264 e. The zero-order chi connectivity index (χ0) is 19.8. The number of hydrogen-bond donors (Lipinski definition) is 1. The second-order valence-electron chi connectivity index (χ2n) is 8.36. The summed E-state index contributed by atoms with van der Waals surface area (Å²) in [5.74, 6) is -0.588. The molecule has 0 aromatic heterocycles. The molecule has 1 amide bonds. The molecule has 1 spiro atoms. The van der Waals surface area contributed by atoms with Crippen LogP contribution in [0.4, 0.5) is 5.69 Å². The lowest BCUT2D eigenvalue weighted by Gasteiger charge is -2.49. The molecule has 4 bridgehead atoms. The van der Waals surface area contributed by atoms with Crippen LogP contribution < -0.4 is 5.06 Å². The van der Waals surface area contributed by atoms with E-state index in [9.17, 15) is 14.7 Å². The fraction of sp³-hybridized carbons (Fsp3) is 0.524. The molecule has 0 radical (unpaired) electrons. The van der Waals surface area contributed by atoms with E-state index in [-0.39, 0.29) is 30.1 Å². The number of hydrogen-bond acceptors (Lipinski definition) is 6. The number of nitrogens with zero attached hydrogens (tertiary/aromatic N) is 2. The Labute approximate surface area is 163 Å². The largest absolute Gasteiger partial charge is 0.384 e. The minimum Gasteiger partial charge on any atom is -0.384 e. The second kappa shape index (κ2) is 5.65. The van der Waals surface area contributed by atoms with E-state index in [4.69, 9.17) is 9.57 Å². The Hall–Kier alpha value is -2.22. The summed E-state index contributed by atoms with van der Waals surface area (Å²) in [6.07, 6.45) is 1.93. The van der Waals surface area contributed by atoms with Crippen molar-refractivity contribution < 1.29 is 24.3 Å². The van der Waals surface area contributed by atoms with Gasteiger partial charge in [-0.25, -0.2) is 0 Å². The normalized spacial score (nSPS) is 38.5. The minimum absolute atomic E-state index is 0.130. The molecular formula is C21H24N2O5. The summed E-state index contributed by atoms with van der Waals surface area (Å²) in [7, 11) is 3.38. The van der Waals surface area contributed by atoms with Gasteiger partial charge in [-0.05, 0) is 25.0 Å². The smallest absolute Gasteiger partial charge is 0.264 e. The number of hydroxylamine groups is 1. The first-order valence-corrected chi connectivity index (χ1v) is 9.62. The first-order chi connectivity index (χ1) is 13.3. The number of anilines is 1. The molecule has 1 N–H and O–H groups in total. The van der Waals surface area contributed by atoms with Crippen LogP contribution in [0.1, 0.15) is 25.3 Å². The van der Waals surface area contributed by atoms with Crippen molar-refractivity contribution in [3.63, 3.8) is 0 Å². The fourth-order valence-electron chi connectivity index (χ4n) is 5.87. The van der Waals surface area contributed by atoms with Gasteiger partial charge in [-0.2, -0.15) is 5.06 Å². The van der Waals surface area contributed by atoms with Crippen LogP contribution in [0.15, 0.2) is 36.0 Å². The Morgan fingerprint density at radius 1 is 1.32 bits per heavy atom. The van der Waals surface area contributed by atoms with E-state index in [0.717, 1.165) is 5.56 Å². The molecule has 2 saturated heterocycles. The average Bonchev–Trinajstić information content (AvgIpc) is 2.77. The Morgan fingerprint density at radius 2 is 2.07 bits per heavy atom. The highest BCUT2D eigenvalue weighted by atomic mass is 16.7. The van der Waals surface area contributed by atoms with Crippen molar-refractivity contribution in [1.29, 1.82) is 0 Å². The number of carbonyl (C=O) groups is 2. The van der Waals surface area contributed by atoms with Gasteiger partial charge in [0, 0.05) is 37.2 Å². The summed E-state index contributed by atoms with van der Waals surface area (Å²) in [4.78, 5) is 33.4.